The Hall–Kier alpha value is -2.17. The van der Waals surface area contributed by atoms with Gasteiger partial charge in [-0.3, -0.25) is 4.79 Å². The lowest BCUT2D eigenvalue weighted by Crippen LogP contribution is -2.48. The van der Waals surface area contributed by atoms with Gasteiger partial charge in [0, 0.05) is 13.1 Å². The van der Waals surface area contributed by atoms with Crippen molar-refractivity contribution in [3.05, 3.63) is 70.8 Å². The second-order valence-electron chi connectivity index (χ2n) is 6.33. The number of hydrogen-bond donors (Lipinski definition) is 2. The topological polar surface area (TPSA) is 50.4 Å². The molecule has 2 aromatic carbocycles. The zero-order chi connectivity index (χ0) is 16.9. The Bertz CT molecular complexity index is 663. The summed E-state index contributed by atoms with van der Waals surface area (Å²) in [5.41, 5.74) is 4.51. The molecule has 2 N–H and O–H groups in total. The van der Waals surface area contributed by atoms with Crippen molar-refractivity contribution in [3.8, 4) is 0 Å². The summed E-state index contributed by atoms with van der Waals surface area (Å²) < 4.78 is 5.59. The fraction of sp³-hybridized carbons (Fsp3) is 0.350. The lowest BCUT2D eigenvalue weighted by Gasteiger charge is -2.26. The SMILES string of the molecule is Cc1cccc(C(NC(=O)C2CNCCO2)c2cccc(C)c2)c1. The third-order valence-corrected chi connectivity index (χ3v) is 4.26. The molecule has 1 aliphatic heterocycles. The highest BCUT2D eigenvalue weighted by Gasteiger charge is 2.25. The molecule has 1 aliphatic rings. The van der Waals surface area contributed by atoms with Gasteiger partial charge in [0.05, 0.1) is 12.6 Å². The van der Waals surface area contributed by atoms with Crippen molar-refractivity contribution in [2.75, 3.05) is 19.7 Å². The van der Waals surface area contributed by atoms with Gasteiger partial charge in [0.1, 0.15) is 6.10 Å². The van der Waals surface area contributed by atoms with Gasteiger partial charge in [-0.15, -0.1) is 0 Å². The summed E-state index contributed by atoms with van der Waals surface area (Å²) in [6.07, 6.45) is -0.434. The van der Waals surface area contributed by atoms with Crippen LogP contribution in [0.5, 0.6) is 0 Å². The van der Waals surface area contributed by atoms with Crippen LogP contribution in [0, 0.1) is 13.8 Å². The molecular weight excluding hydrogens is 300 g/mol. The van der Waals surface area contributed by atoms with Crippen LogP contribution in [0.25, 0.3) is 0 Å². The molecule has 2 aromatic rings. The number of carbonyl (C=O) groups excluding carboxylic acids is 1. The van der Waals surface area contributed by atoms with E-state index in [4.69, 9.17) is 4.74 Å². The molecule has 0 aromatic heterocycles. The van der Waals surface area contributed by atoms with Crippen LogP contribution in [-0.2, 0) is 9.53 Å². The molecule has 4 heteroatoms. The Kier molecular flexibility index (Phi) is 5.28. The lowest BCUT2D eigenvalue weighted by molar-refractivity contribution is -0.134. The van der Waals surface area contributed by atoms with Crippen molar-refractivity contribution in [1.29, 1.82) is 0 Å². The number of nitrogens with one attached hydrogen (secondary N) is 2. The van der Waals surface area contributed by atoms with Crippen molar-refractivity contribution in [3.63, 3.8) is 0 Å². The summed E-state index contributed by atoms with van der Waals surface area (Å²) in [6, 6.07) is 16.3. The monoisotopic (exact) mass is 324 g/mol. The minimum atomic E-state index is -0.434. The molecule has 0 bridgehead atoms. The van der Waals surface area contributed by atoms with E-state index in [1.54, 1.807) is 0 Å². The van der Waals surface area contributed by atoms with Gasteiger partial charge >= 0.3 is 0 Å². The van der Waals surface area contributed by atoms with Gasteiger partial charge in [-0.1, -0.05) is 59.7 Å². The molecule has 3 rings (SSSR count). The van der Waals surface area contributed by atoms with E-state index in [-0.39, 0.29) is 11.9 Å². The van der Waals surface area contributed by atoms with E-state index >= 15 is 0 Å². The molecule has 1 saturated heterocycles. The van der Waals surface area contributed by atoms with Crippen LogP contribution in [0.2, 0.25) is 0 Å². The molecule has 0 aliphatic carbocycles. The zero-order valence-corrected chi connectivity index (χ0v) is 14.2. The standard InChI is InChI=1S/C20H24N2O2/c1-14-5-3-7-16(11-14)19(17-8-4-6-15(2)12-17)22-20(23)18-13-21-9-10-24-18/h3-8,11-12,18-19,21H,9-10,13H2,1-2H3,(H,22,23). The second kappa shape index (κ2) is 7.60. The fourth-order valence-electron chi connectivity index (χ4n) is 3.03. The number of carbonyl (C=O) groups is 1. The van der Waals surface area contributed by atoms with Crippen LogP contribution in [0.4, 0.5) is 0 Å². The molecule has 24 heavy (non-hydrogen) atoms. The summed E-state index contributed by atoms with van der Waals surface area (Å²) in [5, 5.41) is 6.37. The number of aryl methyl sites for hydroxylation is 2. The van der Waals surface area contributed by atoms with E-state index in [0.717, 1.165) is 17.7 Å². The van der Waals surface area contributed by atoms with E-state index in [0.29, 0.717) is 13.2 Å². The number of rotatable bonds is 4. The zero-order valence-electron chi connectivity index (χ0n) is 14.2. The maximum absolute atomic E-state index is 12.6. The van der Waals surface area contributed by atoms with Gasteiger partial charge in [-0.2, -0.15) is 0 Å². The minimum Gasteiger partial charge on any atom is -0.366 e. The van der Waals surface area contributed by atoms with Crippen molar-refractivity contribution in [2.45, 2.75) is 26.0 Å². The van der Waals surface area contributed by atoms with Crippen LogP contribution in [-0.4, -0.2) is 31.7 Å². The van der Waals surface area contributed by atoms with E-state index in [1.165, 1.54) is 11.1 Å². The highest BCUT2D eigenvalue weighted by molar-refractivity contribution is 5.82. The number of hydrogen-bond acceptors (Lipinski definition) is 3. The van der Waals surface area contributed by atoms with Gasteiger partial charge in [-0.25, -0.2) is 0 Å². The molecule has 1 unspecified atom stereocenters. The summed E-state index contributed by atoms with van der Waals surface area (Å²) in [6.45, 7) is 6.04. The maximum atomic E-state index is 12.6. The molecule has 126 valence electrons. The Morgan fingerprint density at radius 2 is 1.75 bits per heavy atom. The predicted octanol–water partition coefficient (Wildman–Crippen LogP) is 2.50. The molecule has 4 nitrogen and oxygen atoms in total. The fourth-order valence-corrected chi connectivity index (χ4v) is 3.03. The summed E-state index contributed by atoms with van der Waals surface area (Å²) >= 11 is 0. The molecule has 1 atom stereocenters. The third kappa shape index (κ3) is 4.02. The molecule has 1 amide bonds. The second-order valence-corrected chi connectivity index (χ2v) is 6.33. The lowest BCUT2D eigenvalue weighted by atomic mass is 9.96. The van der Waals surface area contributed by atoms with Gasteiger partial charge in [0.2, 0.25) is 0 Å². The Morgan fingerprint density at radius 3 is 2.25 bits per heavy atom. The molecule has 1 fully saturated rings. The minimum absolute atomic E-state index is 0.0739. The quantitative estimate of drug-likeness (QED) is 0.908. The molecule has 0 saturated carbocycles. The molecular formula is C20H24N2O2. The highest BCUT2D eigenvalue weighted by Crippen LogP contribution is 2.24. The predicted molar refractivity (Wildman–Crippen MR) is 95.0 cm³/mol. The van der Waals surface area contributed by atoms with Crippen LogP contribution in [0.1, 0.15) is 28.3 Å². The summed E-state index contributed by atoms with van der Waals surface area (Å²) in [7, 11) is 0. The third-order valence-electron chi connectivity index (χ3n) is 4.26. The van der Waals surface area contributed by atoms with Crippen LogP contribution in [0.3, 0.4) is 0 Å². The molecule has 0 radical (unpaired) electrons. The highest BCUT2D eigenvalue weighted by atomic mass is 16.5. The Morgan fingerprint density at radius 1 is 1.12 bits per heavy atom. The van der Waals surface area contributed by atoms with Crippen molar-refractivity contribution >= 4 is 5.91 Å². The van der Waals surface area contributed by atoms with Crippen LogP contribution in [0.15, 0.2) is 48.5 Å². The normalized spacial score (nSPS) is 17.7. The molecule has 0 spiro atoms. The summed E-state index contributed by atoms with van der Waals surface area (Å²) in [5.74, 6) is -0.0739. The first-order valence-electron chi connectivity index (χ1n) is 8.39. The van der Waals surface area contributed by atoms with Crippen molar-refractivity contribution < 1.29 is 9.53 Å². The number of benzene rings is 2. The van der Waals surface area contributed by atoms with Crippen molar-refractivity contribution in [2.24, 2.45) is 0 Å². The average Bonchev–Trinajstić information content (AvgIpc) is 2.60. The first kappa shape index (κ1) is 16.7. The molecule has 1 heterocycles. The number of ether oxygens (including phenoxy) is 1. The smallest absolute Gasteiger partial charge is 0.251 e. The first-order valence-corrected chi connectivity index (χ1v) is 8.39. The van der Waals surface area contributed by atoms with Crippen LogP contribution >= 0.6 is 0 Å². The Labute approximate surface area is 143 Å². The van der Waals surface area contributed by atoms with Gasteiger partial charge in [0.15, 0.2) is 0 Å². The van der Waals surface area contributed by atoms with Crippen molar-refractivity contribution in [1.82, 2.24) is 10.6 Å². The van der Waals surface area contributed by atoms with E-state index < -0.39 is 6.10 Å². The van der Waals surface area contributed by atoms with Gasteiger partial charge in [0.25, 0.3) is 5.91 Å². The van der Waals surface area contributed by atoms with E-state index in [1.807, 2.05) is 12.1 Å². The van der Waals surface area contributed by atoms with E-state index in [2.05, 4.69) is 60.9 Å². The number of morpholine rings is 1. The van der Waals surface area contributed by atoms with Gasteiger partial charge < -0.3 is 15.4 Å². The first-order chi connectivity index (χ1) is 11.6. The number of amides is 1. The largest absolute Gasteiger partial charge is 0.366 e. The van der Waals surface area contributed by atoms with Crippen LogP contribution < -0.4 is 10.6 Å². The average molecular weight is 324 g/mol. The van der Waals surface area contributed by atoms with E-state index in [9.17, 15) is 4.79 Å². The Balaban J connectivity index is 1.88. The van der Waals surface area contributed by atoms with Gasteiger partial charge in [-0.05, 0) is 25.0 Å². The maximum Gasteiger partial charge on any atom is 0.251 e. The summed E-state index contributed by atoms with van der Waals surface area (Å²) in [4.78, 5) is 12.6.